The zero-order chi connectivity index (χ0) is 26.0. The molecule has 4 aromatic rings. The van der Waals surface area contributed by atoms with Gasteiger partial charge in [-0.2, -0.15) is 0 Å². The van der Waals surface area contributed by atoms with Crippen LogP contribution < -0.4 is 10.3 Å². The number of H-pyrrole nitrogens is 1. The average Bonchev–Trinajstić information content (AvgIpc) is 3.41. The minimum absolute atomic E-state index is 0.137. The summed E-state index contributed by atoms with van der Waals surface area (Å²) in [5.74, 6) is 1.42. The van der Waals surface area contributed by atoms with Gasteiger partial charge in [-0.25, -0.2) is 4.68 Å². The number of methoxy groups -OCH3 is 1. The number of aromatic amines is 1. The second-order valence-electron chi connectivity index (χ2n) is 10.2. The molecule has 0 amide bonds. The summed E-state index contributed by atoms with van der Waals surface area (Å²) < 4.78 is 7.31. The third-order valence-electron chi connectivity index (χ3n) is 7.44. The molecule has 0 unspecified atom stereocenters. The molecular weight excluding hydrogens is 468 g/mol. The molecule has 5 rings (SSSR count). The van der Waals surface area contributed by atoms with E-state index < -0.39 is 6.04 Å². The van der Waals surface area contributed by atoms with Crippen LogP contribution in [0.25, 0.3) is 10.9 Å². The van der Waals surface area contributed by atoms with Crippen LogP contribution in [0.15, 0.2) is 53.5 Å². The van der Waals surface area contributed by atoms with Crippen molar-refractivity contribution in [2.24, 2.45) is 0 Å². The minimum Gasteiger partial charge on any atom is -0.497 e. The second-order valence-corrected chi connectivity index (χ2v) is 10.2. The molecular formula is C27H34N8O2. The maximum Gasteiger partial charge on any atom is 0.253 e. The van der Waals surface area contributed by atoms with E-state index in [1.54, 1.807) is 7.11 Å². The van der Waals surface area contributed by atoms with Crippen molar-refractivity contribution < 1.29 is 4.74 Å². The molecule has 0 aliphatic carbocycles. The van der Waals surface area contributed by atoms with E-state index in [2.05, 4.69) is 62.1 Å². The van der Waals surface area contributed by atoms with E-state index >= 15 is 0 Å². The Kier molecular flexibility index (Phi) is 7.03. The molecule has 1 saturated heterocycles. The van der Waals surface area contributed by atoms with Gasteiger partial charge < -0.3 is 9.72 Å². The molecule has 1 aliphatic rings. The fraction of sp³-hybridized carbons (Fsp3) is 0.444. The maximum absolute atomic E-state index is 13.5. The highest BCUT2D eigenvalue weighted by molar-refractivity contribution is 5.80. The molecule has 1 aromatic carbocycles. The summed E-state index contributed by atoms with van der Waals surface area (Å²) in [6.07, 6.45) is 2.68. The number of nitrogens with one attached hydrogen (secondary N) is 1. The first kappa shape index (κ1) is 25.0. The fourth-order valence-electron chi connectivity index (χ4n) is 4.88. The second kappa shape index (κ2) is 10.4. The molecule has 1 aliphatic heterocycles. The minimum atomic E-state index is -0.392. The van der Waals surface area contributed by atoms with Gasteiger partial charge in [0.2, 0.25) is 0 Å². The van der Waals surface area contributed by atoms with Crippen molar-refractivity contribution in [1.29, 1.82) is 0 Å². The Balaban J connectivity index is 1.53. The van der Waals surface area contributed by atoms with Crippen LogP contribution in [0.3, 0.4) is 0 Å². The number of tetrazole rings is 1. The highest BCUT2D eigenvalue weighted by Crippen LogP contribution is 2.31. The number of pyridine rings is 2. The summed E-state index contributed by atoms with van der Waals surface area (Å²) in [5.41, 5.74) is 2.01. The Bertz CT molecular complexity index is 1410. The number of hydrogen-bond acceptors (Lipinski definition) is 8. The molecule has 1 atom stereocenters. The predicted molar refractivity (Wildman–Crippen MR) is 141 cm³/mol. The van der Waals surface area contributed by atoms with Crippen molar-refractivity contribution >= 4 is 10.9 Å². The molecule has 0 bridgehead atoms. The van der Waals surface area contributed by atoms with Gasteiger partial charge in [0, 0.05) is 55.4 Å². The molecule has 37 heavy (non-hydrogen) atoms. The third-order valence-corrected chi connectivity index (χ3v) is 7.44. The summed E-state index contributed by atoms with van der Waals surface area (Å²) >= 11 is 0. The van der Waals surface area contributed by atoms with Crippen LogP contribution >= 0.6 is 0 Å². The van der Waals surface area contributed by atoms with Crippen LogP contribution in [-0.4, -0.2) is 73.3 Å². The number of hydrogen-bond donors (Lipinski definition) is 1. The summed E-state index contributed by atoms with van der Waals surface area (Å²) in [6, 6.07) is 13.2. The highest BCUT2D eigenvalue weighted by Gasteiger charge is 2.35. The van der Waals surface area contributed by atoms with Gasteiger partial charge in [-0.05, 0) is 67.1 Å². The smallest absolute Gasteiger partial charge is 0.253 e. The molecule has 0 radical (unpaired) electrons. The topological polar surface area (TPSA) is 105 Å². The van der Waals surface area contributed by atoms with Crippen molar-refractivity contribution in [2.45, 2.75) is 45.3 Å². The molecule has 10 nitrogen and oxygen atoms in total. The van der Waals surface area contributed by atoms with Gasteiger partial charge in [0.15, 0.2) is 5.82 Å². The van der Waals surface area contributed by atoms with Gasteiger partial charge in [-0.1, -0.05) is 13.0 Å². The van der Waals surface area contributed by atoms with Gasteiger partial charge in [-0.15, -0.1) is 5.10 Å². The molecule has 194 valence electrons. The Hall–Kier alpha value is -3.63. The van der Waals surface area contributed by atoms with E-state index in [1.807, 2.05) is 47.3 Å². The molecule has 1 N–H and O–H groups in total. The van der Waals surface area contributed by atoms with Crippen molar-refractivity contribution in [2.75, 3.05) is 33.3 Å². The number of piperazine rings is 1. The molecule has 0 spiro atoms. The van der Waals surface area contributed by atoms with E-state index in [1.165, 1.54) is 0 Å². The number of nitrogens with zero attached hydrogens (tertiary/aromatic N) is 7. The fourth-order valence-corrected chi connectivity index (χ4v) is 4.88. The Labute approximate surface area is 216 Å². The lowest BCUT2D eigenvalue weighted by molar-refractivity contribution is 0.0961. The van der Waals surface area contributed by atoms with Crippen molar-refractivity contribution in [1.82, 2.24) is 40.0 Å². The van der Waals surface area contributed by atoms with Gasteiger partial charge >= 0.3 is 0 Å². The van der Waals surface area contributed by atoms with E-state index in [0.717, 1.165) is 61.5 Å². The van der Waals surface area contributed by atoms with E-state index in [-0.39, 0.29) is 11.1 Å². The molecule has 4 heterocycles. The maximum atomic E-state index is 13.5. The highest BCUT2D eigenvalue weighted by atomic mass is 16.5. The number of fused-ring (bicyclic) bond motifs is 1. The third kappa shape index (κ3) is 5.12. The molecule has 1 fully saturated rings. The monoisotopic (exact) mass is 502 g/mol. The van der Waals surface area contributed by atoms with Gasteiger partial charge in [-0.3, -0.25) is 19.6 Å². The summed E-state index contributed by atoms with van der Waals surface area (Å²) in [5, 5.41) is 13.8. The van der Waals surface area contributed by atoms with Crippen molar-refractivity contribution in [3.05, 3.63) is 76.1 Å². The average molecular weight is 503 g/mol. The van der Waals surface area contributed by atoms with E-state index in [0.29, 0.717) is 11.4 Å². The summed E-state index contributed by atoms with van der Waals surface area (Å²) in [4.78, 5) is 25.8. The zero-order valence-corrected chi connectivity index (χ0v) is 21.9. The van der Waals surface area contributed by atoms with Gasteiger partial charge in [0.1, 0.15) is 11.8 Å². The van der Waals surface area contributed by atoms with Crippen LogP contribution in [0.1, 0.15) is 50.3 Å². The Morgan fingerprint density at radius 3 is 2.62 bits per heavy atom. The number of aromatic nitrogens is 6. The number of benzene rings is 1. The van der Waals surface area contributed by atoms with Crippen LogP contribution in [0, 0.1) is 0 Å². The van der Waals surface area contributed by atoms with Crippen LogP contribution in [-0.2, 0) is 12.1 Å². The molecule has 3 aromatic heterocycles. The zero-order valence-electron chi connectivity index (χ0n) is 21.9. The quantitative estimate of drug-likeness (QED) is 0.392. The number of rotatable bonds is 8. The van der Waals surface area contributed by atoms with E-state index in [9.17, 15) is 4.79 Å². The first-order chi connectivity index (χ1) is 17.9. The molecule has 10 heteroatoms. The Morgan fingerprint density at radius 2 is 1.92 bits per heavy atom. The molecule has 0 saturated carbocycles. The SMILES string of the molecule is CCC(C)(C)n1nnnc1[C@H](c1cc2cc(OC)ccc2[nH]c1=O)N1CCN(Cc2ccccn2)CC1. The first-order valence-electron chi connectivity index (χ1n) is 12.8. The predicted octanol–water partition coefficient (Wildman–Crippen LogP) is 2.97. The normalized spacial score (nSPS) is 16.2. The number of ether oxygens (including phenoxy) is 1. The van der Waals surface area contributed by atoms with E-state index in [4.69, 9.17) is 4.74 Å². The lowest BCUT2D eigenvalue weighted by Gasteiger charge is -2.39. The van der Waals surface area contributed by atoms with Crippen LogP contribution in [0.4, 0.5) is 0 Å². The van der Waals surface area contributed by atoms with Gasteiger partial charge in [0.05, 0.1) is 18.3 Å². The lowest BCUT2D eigenvalue weighted by atomic mass is 9.99. The standard InChI is InChI=1S/C27H34N8O2/c1-5-27(2,3)35-25(30-31-32-35)24(22-17-19-16-21(37-4)9-10-23(19)29-26(22)36)34-14-12-33(13-15-34)18-20-8-6-7-11-28-20/h6-11,16-17,24H,5,12-15,18H2,1-4H3,(H,29,36)/t24-/m0/s1. The summed E-state index contributed by atoms with van der Waals surface area (Å²) in [7, 11) is 1.64. The Morgan fingerprint density at radius 1 is 1.11 bits per heavy atom. The first-order valence-corrected chi connectivity index (χ1v) is 12.8. The largest absolute Gasteiger partial charge is 0.497 e. The lowest BCUT2D eigenvalue weighted by Crippen LogP contribution is -2.49. The van der Waals surface area contributed by atoms with Gasteiger partial charge in [0.25, 0.3) is 5.56 Å². The van der Waals surface area contributed by atoms with Crippen molar-refractivity contribution in [3.8, 4) is 5.75 Å². The van der Waals surface area contributed by atoms with Crippen molar-refractivity contribution in [3.63, 3.8) is 0 Å². The van der Waals surface area contributed by atoms with Crippen LogP contribution in [0.2, 0.25) is 0 Å². The van der Waals surface area contributed by atoms with Crippen LogP contribution in [0.5, 0.6) is 5.75 Å². The summed E-state index contributed by atoms with van der Waals surface area (Å²) in [6.45, 7) is 10.4.